The minimum absolute atomic E-state index is 0.121. The van der Waals surface area contributed by atoms with Crippen LogP contribution in [-0.4, -0.2) is 23.1 Å². The Morgan fingerprint density at radius 3 is 2.73 bits per heavy atom. The summed E-state index contributed by atoms with van der Waals surface area (Å²) in [5, 5.41) is 7.96. The molecule has 0 saturated carbocycles. The van der Waals surface area contributed by atoms with Crippen molar-refractivity contribution in [2.24, 2.45) is 0 Å². The van der Waals surface area contributed by atoms with E-state index >= 15 is 0 Å². The lowest BCUT2D eigenvalue weighted by atomic mass is 10.1. The Morgan fingerprint density at radius 2 is 2.04 bits per heavy atom. The Balaban J connectivity index is 1.85. The van der Waals surface area contributed by atoms with E-state index in [2.05, 4.69) is 31.5 Å². The lowest BCUT2D eigenvalue weighted by Gasteiger charge is -2.14. The van der Waals surface area contributed by atoms with Crippen LogP contribution in [-0.2, 0) is 0 Å². The lowest BCUT2D eigenvalue weighted by Crippen LogP contribution is -2.34. The van der Waals surface area contributed by atoms with Crippen molar-refractivity contribution in [1.82, 2.24) is 10.3 Å². The number of hydrogen-bond donors (Lipinski definition) is 2. The first-order valence-electron chi connectivity index (χ1n) is 7.48. The summed E-state index contributed by atoms with van der Waals surface area (Å²) in [6.07, 6.45) is 1.48. The van der Waals surface area contributed by atoms with Gasteiger partial charge in [0.1, 0.15) is 11.6 Å². The van der Waals surface area contributed by atoms with E-state index in [1.165, 1.54) is 13.3 Å². The van der Waals surface area contributed by atoms with Gasteiger partial charge < -0.3 is 10.1 Å². The van der Waals surface area contributed by atoms with E-state index in [4.69, 9.17) is 28.6 Å². The molecule has 5 nitrogen and oxygen atoms in total. The molecule has 1 amide bonds. The lowest BCUT2D eigenvalue weighted by molar-refractivity contribution is 0.0975. The number of nitrogens with one attached hydrogen (secondary N) is 2. The second-order valence-electron chi connectivity index (χ2n) is 5.26. The molecule has 0 fully saturated rings. The van der Waals surface area contributed by atoms with Crippen molar-refractivity contribution >= 4 is 67.4 Å². The predicted octanol–water partition coefficient (Wildman–Crippen LogP) is 4.79. The van der Waals surface area contributed by atoms with Crippen LogP contribution in [0.15, 0.2) is 53.1 Å². The molecule has 0 spiro atoms. The van der Waals surface area contributed by atoms with Gasteiger partial charge in [-0.15, -0.1) is 0 Å². The molecule has 1 aromatic heterocycles. The summed E-state index contributed by atoms with van der Waals surface area (Å²) in [5.41, 5.74) is 0.367. The Morgan fingerprint density at radius 1 is 1.27 bits per heavy atom. The maximum atomic E-state index is 12.7. The highest BCUT2D eigenvalue weighted by atomic mass is 79.9. The van der Waals surface area contributed by atoms with E-state index < -0.39 is 0 Å². The zero-order valence-electron chi connectivity index (χ0n) is 13.5. The van der Waals surface area contributed by atoms with Crippen molar-refractivity contribution < 1.29 is 9.53 Å². The third-order valence-corrected chi connectivity index (χ3v) is 4.80. The maximum absolute atomic E-state index is 12.7. The Hall–Kier alpha value is -2.22. The molecular formula is C18H13BrClN3O2S. The number of pyridine rings is 1. The smallest absolute Gasteiger partial charge is 0.261 e. The molecule has 1 heterocycles. The van der Waals surface area contributed by atoms with Gasteiger partial charge in [-0.25, -0.2) is 4.98 Å². The predicted molar refractivity (Wildman–Crippen MR) is 111 cm³/mol. The topological polar surface area (TPSA) is 63.2 Å². The second kappa shape index (κ2) is 7.99. The summed E-state index contributed by atoms with van der Waals surface area (Å²) in [6.45, 7) is 0. The number of amides is 1. The molecule has 0 saturated heterocycles. The fourth-order valence-corrected chi connectivity index (χ4v) is 3.47. The number of hydrogen-bond acceptors (Lipinski definition) is 4. The van der Waals surface area contributed by atoms with Crippen molar-refractivity contribution in [1.29, 1.82) is 0 Å². The minimum Gasteiger partial charge on any atom is -0.495 e. The molecule has 0 radical (unpaired) electrons. The molecule has 2 aromatic carbocycles. The summed E-state index contributed by atoms with van der Waals surface area (Å²) in [4.78, 5) is 16.8. The van der Waals surface area contributed by atoms with Crippen LogP contribution in [0.4, 0.5) is 5.82 Å². The number of aromatic nitrogens is 1. The molecule has 0 unspecified atom stereocenters. The number of carbonyl (C=O) groups excluding carboxylic acids is 1. The average Bonchev–Trinajstić information content (AvgIpc) is 2.63. The van der Waals surface area contributed by atoms with Crippen LogP contribution in [0.25, 0.3) is 10.8 Å². The SMILES string of the molecule is COc1c(C(=O)NC(=S)Nc2ccc(Cl)cn2)cc2ccccc2c1Br. The van der Waals surface area contributed by atoms with Gasteiger partial charge in [0, 0.05) is 6.20 Å². The van der Waals surface area contributed by atoms with Gasteiger partial charge in [-0.2, -0.15) is 0 Å². The van der Waals surface area contributed by atoms with Gasteiger partial charge >= 0.3 is 0 Å². The van der Waals surface area contributed by atoms with Crippen LogP contribution < -0.4 is 15.4 Å². The third kappa shape index (κ3) is 3.95. The number of ether oxygens (including phenoxy) is 1. The highest BCUT2D eigenvalue weighted by Gasteiger charge is 2.19. The summed E-state index contributed by atoms with van der Waals surface area (Å²) in [6, 6.07) is 12.8. The highest BCUT2D eigenvalue weighted by Crippen LogP contribution is 2.36. The molecule has 0 bridgehead atoms. The fourth-order valence-electron chi connectivity index (χ4n) is 2.42. The van der Waals surface area contributed by atoms with E-state index in [-0.39, 0.29) is 11.0 Å². The molecule has 132 valence electrons. The van der Waals surface area contributed by atoms with E-state index in [1.54, 1.807) is 18.2 Å². The number of methoxy groups -OCH3 is 1. The standard InChI is InChI=1S/C18H13BrClN3O2S/c1-25-16-13(8-10-4-2-3-5-12(10)15(16)19)17(24)23-18(26)22-14-7-6-11(20)9-21-14/h2-9H,1H3,(H2,21,22,23,24,26). The average molecular weight is 451 g/mol. The first-order valence-corrected chi connectivity index (χ1v) is 9.06. The number of nitrogens with zero attached hydrogens (tertiary/aromatic N) is 1. The molecule has 0 aliphatic rings. The number of rotatable bonds is 3. The molecule has 2 N–H and O–H groups in total. The van der Waals surface area contributed by atoms with Gasteiger partial charge in [-0.1, -0.05) is 35.9 Å². The van der Waals surface area contributed by atoms with Gasteiger partial charge in [0.05, 0.1) is 22.2 Å². The van der Waals surface area contributed by atoms with Gasteiger partial charge in [-0.3, -0.25) is 10.1 Å². The van der Waals surface area contributed by atoms with E-state index in [9.17, 15) is 4.79 Å². The maximum Gasteiger partial charge on any atom is 0.261 e. The number of benzene rings is 2. The first-order chi connectivity index (χ1) is 12.5. The van der Waals surface area contributed by atoms with Crippen LogP contribution in [0.1, 0.15) is 10.4 Å². The number of fused-ring (bicyclic) bond motifs is 1. The van der Waals surface area contributed by atoms with Gasteiger partial charge in [0.2, 0.25) is 0 Å². The van der Waals surface area contributed by atoms with Crippen molar-refractivity contribution in [2.75, 3.05) is 12.4 Å². The van der Waals surface area contributed by atoms with E-state index in [0.717, 1.165) is 10.8 Å². The minimum atomic E-state index is -0.389. The molecule has 3 rings (SSSR count). The first kappa shape index (κ1) is 18.6. The van der Waals surface area contributed by atoms with Gasteiger partial charge in [0.15, 0.2) is 5.11 Å². The quantitative estimate of drug-likeness (QED) is 0.562. The van der Waals surface area contributed by atoms with Gasteiger partial charge in [0.25, 0.3) is 5.91 Å². The van der Waals surface area contributed by atoms with Crippen LogP contribution in [0, 0.1) is 0 Å². The number of halogens is 2. The van der Waals surface area contributed by atoms with Gasteiger partial charge in [-0.05, 0) is 57.1 Å². The third-order valence-electron chi connectivity index (χ3n) is 3.59. The zero-order chi connectivity index (χ0) is 18.7. The molecule has 0 aliphatic heterocycles. The summed E-state index contributed by atoms with van der Waals surface area (Å²) < 4.78 is 6.13. The normalized spacial score (nSPS) is 10.4. The molecule has 0 atom stereocenters. The number of carbonyl (C=O) groups is 1. The largest absolute Gasteiger partial charge is 0.495 e. The molecule has 3 aromatic rings. The van der Waals surface area contributed by atoms with Crippen molar-refractivity contribution in [3.63, 3.8) is 0 Å². The Bertz CT molecular complexity index is 996. The molecular weight excluding hydrogens is 438 g/mol. The number of thiocarbonyl (C=S) groups is 1. The van der Waals surface area contributed by atoms with Crippen molar-refractivity contribution in [3.8, 4) is 5.75 Å². The monoisotopic (exact) mass is 449 g/mol. The van der Waals surface area contributed by atoms with Crippen LogP contribution >= 0.6 is 39.7 Å². The van der Waals surface area contributed by atoms with Crippen molar-refractivity contribution in [2.45, 2.75) is 0 Å². The number of anilines is 1. The second-order valence-corrected chi connectivity index (χ2v) is 6.90. The van der Waals surface area contributed by atoms with Crippen LogP contribution in [0.3, 0.4) is 0 Å². The highest BCUT2D eigenvalue weighted by molar-refractivity contribution is 9.10. The summed E-state index contributed by atoms with van der Waals surface area (Å²) in [5.74, 6) is 0.528. The van der Waals surface area contributed by atoms with Crippen molar-refractivity contribution in [3.05, 3.63) is 63.7 Å². The van der Waals surface area contributed by atoms with E-state index in [1.807, 2.05) is 24.3 Å². The fraction of sp³-hybridized carbons (Fsp3) is 0.0556. The zero-order valence-corrected chi connectivity index (χ0v) is 16.7. The molecule has 0 aliphatic carbocycles. The summed E-state index contributed by atoms with van der Waals surface area (Å²) >= 11 is 14.5. The van der Waals surface area contributed by atoms with E-state index in [0.29, 0.717) is 26.6 Å². The van der Waals surface area contributed by atoms with Crippen LogP contribution in [0.5, 0.6) is 5.75 Å². The summed E-state index contributed by atoms with van der Waals surface area (Å²) in [7, 11) is 1.51. The molecule has 26 heavy (non-hydrogen) atoms. The Labute approximate surface area is 168 Å². The Kier molecular flexibility index (Phi) is 5.70. The molecule has 8 heteroatoms. The van der Waals surface area contributed by atoms with Crippen LogP contribution in [0.2, 0.25) is 5.02 Å².